The summed E-state index contributed by atoms with van der Waals surface area (Å²) in [5, 5.41) is 5.41. The van der Waals surface area contributed by atoms with Crippen molar-refractivity contribution >= 4 is 33.2 Å². The Balaban J connectivity index is 2.28. The van der Waals surface area contributed by atoms with Gasteiger partial charge in [0.1, 0.15) is 11.6 Å². The Bertz CT molecular complexity index is 679. The lowest BCUT2D eigenvalue weighted by molar-refractivity contribution is 0.102. The van der Waals surface area contributed by atoms with Gasteiger partial charge in [0.05, 0.1) is 27.6 Å². The lowest BCUT2D eigenvalue weighted by atomic mass is 10.2. The predicted molar refractivity (Wildman–Crippen MR) is 80.4 cm³/mol. The maximum atomic E-state index is 13.7. The van der Waals surface area contributed by atoms with Gasteiger partial charge in [0.25, 0.3) is 5.91 Å². The molecule has 0 fully saturated rings. The second kappa shape index (κ2) is 6.62. The van der Waals surface area contributed by atoms with Crippen LogP contribution in [0.3, 0.4) is 0 Å². The number of halogens is 3. The lowest BCUT2D eigenvalue weighted by Crippen LogP contribution is -2.16. The van der Waals surface area contributed by atoms with Gasteiger partial charge in [-0.05, 0) is 35.0 Å². The summed E-state index contributed by atoms with van der Waals surface area (Å²) in [6, 6.07) is 3.40. The van der Waals surface area contributed by atoms with Crippen LogP contribution in [0.1, 0.15) is 17.3 Å². The molecule has 0 bridgehead atoms. The SMILES string of the molecule is CCNc1cnccc1C(=O)Nc1cc(Br)c(F)cc1F. The van der Waals surface area contributed by atoms with Crippen molar-refractivity contribution in [3.05, 3.63) is 52.3 Å². The van der Waals surface area contributed by atoms with E-state index in [4.69, 9.17) is 0 Å². The normalized spacial score (nSPS) is 10.3. The molecule has 0 saturated carbocycles. The Kier molecular flexibility index (Phi) is 4.85. The van der Waals surface area contributed by atoms with Gasteiger partial charge < -0.3 is 10.6 Å². The molecule has 1 heterocycles. The number of anilines is 2. The van der Waals surface area contributed by atoms with E-state index in [-0.39, 0.29) is 10.2 Å². The Morgan fingerprint density at radius 3 is 2.76 bits per heavy atom. The molecule has 0 aliphatic heterocycles. The molecular formula is C14H12BrF2N3O. The van der Waals surface area contributed by atoms with Crippen molar-refractivity contribution in [2.45, 2.75) is 6.92 Å². The average Bonchev–Trinajstić information content (AvgIpc) is 2.45. The van der Waals surface area contributed by atoms with Gasteiger partial charge in [-0.2, -0.15) is 0 Å². The highest BCUT2D eigenvalue weighted by molar-refractivity contribution is 9.10. The van der Waals surface area contributed by atoms with Crippen molar-refractivity contribution in [3.8, 4) is 0 Å². The van der Waals surface area contributed by atoms with E-state index < -0.39 is 17.5 Å². The summed E-state index contributed by atoms with van der Waals surface area (Å²) in [6.07, 6.45) is 2.97. The fraction of sp³-hybridized carbons (Fsp3) is 0.143. The number of rotatable bonds is 4. The van der Waals surface area contributed by atoms with E-state index in [0.29, 0.717) is 23.9 Å². The van der Waals surface area contributed by atoms with Gasteiger partial charge in [0.15, 0.2) is 0 Å². The smallest absolute Gasteiger partial charge is 0.257 e. The third-order valence-corrected chi connectivity index (χ3v) is 3.30. The van der Waals surface area contributed by atoms with Crippen LogP contribution in [0.15, 0.2) is 35.1 Å². The molecule has 4 nitrogen and oxygen atoms in total. The molecule has 0 spiro atoms. The highest BCUT2D eigenvalue weighted by Gasteiger charge is 2.15. The first-order valence-corrected chi connectivity index (χ1v) is 6.96. The van der Waals surface area contributed by atoms with E-state index in [1.54, 1.807) is 0 Å². The van der Waals surface area contributed by atoms with Crippen molar-refractivity contribution in [1.29, 1.82) is 0 Å². The van der Waals surface area contributed by atoms with Crippen LogP contribution in [0, 0.1) is 11.6 Å². The van der Waals surface area contributed by atoms with Gasteiger partial charge >= 0.3 is 0 Å². The quantitative estimate of drug-likeness (QED) is 0.820. The molecule has 1 aromatic carbocycles. The van der Waals surface area contributed by atoms with Gasteiger partial charge in [0, 0.05) is 18.8 Å². The fourth-order valence-corrected chi connectivity index (χ4v) is 2.08. The number of hydrogen-bond acceptors (Lipinski definition) is 3. The van der Waals surface area contributed by atoms with Crippen LogP contribution in [0.5, 0.6) is 0 Å². The predicted octanol–water partition coefficient (Wildman–Crippen LogP) is 3.81. The number of nitrogens with zero attached hydrogens (tertiary/aromatic N) is 1. The summed E-state index contributed by atoms with van der Waals surface area (Å²) in [5.41, 5.74) is 0.762. The summed E-state index contributed by atoms with van der Waals surface area (Å²) < 4.78 is 26.9. The first-order chi connectivity index (χ1) is 10.0. The summed E-state index contributed by atoms with van der Waals surface area (Å²) in [5.74, 6) is -2.09. The molecule has 2 N–H and O–H groups in total. The molecule has 0 aliphatic carbocycles. The molecule has 0 saturated heterocycles. The van der Waals surface area contributed by atoms with Crippen molar-refractivity contribution in [3.63, 3.8) is 0 Å². The van der Waals surface area contributed by atoms with Crippen LogP contribution in [0.4, 0.5) is 20.2 Å². The molecule has 7 heteroatoms. The number of pyridine rings is 1. The zero-order valence-corrected chi connectivity index (χ0v) is 12.7. The molecule has 0 aliphatic rings. The summed E-state index contributed by atoms with van der Waals surface area (Å²) in [7, 11) is 0. The van der Waals surface area contributed by atoms with Gasteiger partial charge in [-0.1, -0.05) is 0 Å². The monoisotopic (exact) mass is 355 g/mol. The van der Waals surface area contributed by atoms with E-state index >= 15 is 0 Å². The Hall–Kier alpha value is -2.02. The topological polar surface area (TPSA) is 54.0 Å². The molecule has 0 unspecified atom stereocenters. The molecule has 0 radical (unpaired) electrons. The number of hydrogen-bond donors (Lipinski definition) is 2. The second-order valence-corrected chi connectivity index (χ2v) is 5.01. The minimum atomic E-state index is -0.844. The number of benzene rings is 1. The van der Waals surface area contributed by atoms with Crippen LogP contribution in [-0.4, -0.2) is 17.4 Å². The molecule has 2 rings (SSSR count). The van der Waals surface area contributed by atoms with Crippen LogP contribution in [0.25, 0.3) is 0 Å². The number of carbonyl (C=O) groups is 1. The number of carbonyl (C=O) groups excluding carboxylic acids is 1. The molecule has 2 aromatic rings. The highest BCUT2D eigenvalue weighted by Crippen LogP contribution is 2.24. The van der Waals surface area contributed by atoms with Gasteiger partial charge in [-0.15, -0.1) is 0 Å². The van der Waals surface area contributed by atoms with Crippen molar-refractivity contribution < 1.29 is 13.6 Å². The van der Waals surface area contributed by atoms with Crippen LogP contribution in [0.2, 0.25) is 0 Å². The van der Waals surface area contributed by atoms with Gasteiger partial charge in [-0.3, -0.25) is 9.78 Å². The molecule has 1 amide bonds. The van der Waals surface area contributed by atoms with Gasteiger partial charge in [0.2, 0.25) is 0 Å². The number of nitrogens with one attached hydrogen (secondary N) is 2. The van der Waals surface area contributed by atoms with Crippen LogP contribution in [-0.2, 0) is 0 Å². The minimum absolute atomic E-state index is 0.0702. The first-order valence-electron chi connectivity index (χ1n) is 6.16. The van der Waals surface area contributed by atoms with E-state index in [1.165, 1.54) is 24.5 Å². The third-order valence-electron chi connectivity index (χ3n) is 2.69. The van der Waals surface area contributed by atoms with Crippen molar-refractivity contribution in [1.82, 2.24) is 4.98 Å². The largest absolute Gasteiger partial charge is 0.383 e. The first kappa shape index (κ1) is 15.4. The lowest BCUT2D eigenvalue weighted by Gasteiger charge is -2.11. The molecular weight excluding hydrogens is 344 g/mol. The summed E-state index contributed by atoms with van der Waals surface area (Å²) in [4.78, 5) is 16.1. The highest BCUT2D eigenvalue weighted by atomic mass is 79.9. The van der Waals surface area contributed by atoms with Crippen molar-refractivity contribution in [2.24, 2.45) is 0 Å². The molecule has 21 heavy (non-hydrogen) atoms. The minimum Gasteiger partial charge on any atom is -0.383 e. The number of amides is 1. The van der Waals surface area contributed by atoms with Gasteiger partial charge in [-0.25, -0.2) is 8.78 Å². The maximum Gasteiger partial charge on any atom is 0.257 e. The number of aromatic nitrogens is 1. The molecule has 110 valence electrons. The van der Waals surface area contributed by atoms with E-state index in [0.717, 1.165) is 0 Å². The molecule has 1 aromatic heterocycles. The zero-order valence-electron chi connectivity index (χ0n) is 11.1. The van der Waals surface area contributed by atoms with Crippen LogP contribution < -0.4 is 10.6 Å². The Morgan fingerprint density at radius 1 is 1.29 bits per heavy atom. The Morgan fingerprint density at radius 2 is 2.05 bits per heavy atom. The second-order valence-electron chi connectivity index (χ2n) is 4.15. The average molecular weight is 356 g/mol. The van der Waals surface area contributed by atoms with Crippen LogP contribution >= 0.6 is 15.9 Å². The summed E-state index contributed by atoms with van der Waals surface area (Å²) in [6.45, 7) is 2.49. The summed E-state index contributed by atoms with van der Waals surface area (Å²) >= 11 is 2.95. The maximum absolute atomic E-state index is 13.7. The van der Waals surface area contributed by atoms with Crippen molar-refractivity contribution in [2.75, 3.05) is 17.2 Å². The van der Waals surface area contributed by atoms with E-state index in [1.807, 2.05) is 6.92 Å². The molecule has 0 atom stereocenters. The Labute approximate surface area is 128 Å². The zero-order chi connectivity index (χ0) is 15.4. The van der Waals surface area contributed by atoms with E-state index in [2.05, 4.69) is 31.5 Å². The fourth-order valence-electron chi connectivity index (χ4n) is 1.73. The van der Waals surface area contributed by atoms with E-state index in [9.17, 15) is 13.6 Å². The standard InChI is InChI=1S/C14H12BrF2N3O/c1-2-19-13-7-18-4-3-8(13)14(21)20-12-5-9(15)10(16)6-11(12)17/h3-7,19H,2H2,1H3,(H,20,21). The third kappa shape index (κ3) is 3.55.